The molecule has 0 saturated heterocycles. The quantitative estimate of drug-likeness (QED) is 0.782. The number of pyridine rings is 1. The van der Waals surface area contributed by atoms with Crippen molar-refractivity contribution in [1.82, 2.24) is 4.98 Å². The number of nitrogens with one attached hydrogen (secondary N) is 1. The second kappa shape index (κ2) is 5.63. The number of aryl methyl sites for hydroxylation is 1. The van der Waals surface area contributed by atoms with Gasteiger partial charge >= 0.3 is 6.18 Å². The fourth-order valence-electron chi connectivity index (χ4n) is 3.02. The summed E-state index contributed by atoms with van der Waals surface area (Å²) in [7, 11) is 0. The van der Waals surface area contributed by atoms with Crippen molar-refractivity contribution in [1.29, 1.82) is 0 Å². The van der Waals surface area contributed by atoms with Crippen LogP contribution in [0, 0.1) is 0 Å². The number of hydrogen-bond donors (Lipinski definition) is 1. The van der Waals surface area contributed by atoms with Crippen LogP contribution in [0.15, 0.2) is 35.1 Å². The first-order valence-corrected chi connectivity index (χ1v) is 7.38. The lowest BCUT2D eigenvalue weighted by Gasteiger charge is -2.13. The number of alkyl halides is 3. The van der Waals surface area contributed by atoms with Gasteiger partial charge in [0.2, 0.25) is 5.56 Å². The molecule has 5 heteroatoms. The summed E-state index contributed by atoms with van der Waals surface area (Å²) in [4.78, 5) is 14.7. The van der Waals surface area contributed by atoms with Crippen molar-refractivity contribution in [3.8, 4) is 11.1 Å². The fraction of sp³-hybridized carbons (Fsp3) is 0.353. The first-order chi connectivity index (χ1) is 10.4. The van der Waals surface area contributed by atoms with E-state index in [0.29, 0.717) is 5.56 Å². The largest absolute Gasteiger partial charge is 0.416 e. The normalized spacial score (nSPS) is 15.2. The molecule has 1 aliphatic carbocycles. The Hall–Kier alpha value is -2.04. The summed E-state index contributed by atoms with van der Waals surface area (Å²) in [5.74, 6) is 0. The molecule has 0 unspecified atom stereocenters. The van der Waals surface area contributed by atoms with E-state index < -0.39 is 11.7 Å². The van der Waals surface area contributed by atoms with Gasteiger partial charge in [-0.25, -0.2) is 0 Å². The van der Waals surface area contributed by atoms with Crippen molar-refractivity contribution >= 4 is 0 Å². The van der Waals surface area contributed by atoms with Gasteiger partial charge in [-0.05, 0) is 54.5 Å². The standard InChI is InChI=1S/C17H16F3NO/c18-17(19,20)12-8-6-11(7-9-12)14-10-16(22)21-15-5-3-1-2-4-13(14)15/h6-10H,1-5H2,(H,21,22). The molecule has 3 rings (SSSR count). The fourth-order valence-corrected chi connectivity index (χ4v) is 3.02. The molecule has 22 heavy (non-hydrogen) atoms. The van der Waals surface area contributed by atoms with Crippen LogP contribution < -0.4 is 5.56 Å². The Balaban J connectivity index is 2.08. The Morgan fingerprint density at radius 2 is 1.64 bits per heavy atom. The smallest absolute Gasteiger partial charge is 0.326 e. The van der Waals surface area contributed by atoms with Crippen LogP contribution in [0.4, 0.5) is 13.2 Å². The molecule has 1 aromatic carbocycles. The van der Waals surface area contributed by atoms with Crippen molar-refractivity contribution in [2.75, 3.05) is 0 Å². The molecule has 116 valence electrons. The predicted molar refractivity (Wildman–Crippen MR) is 78.8 cm³/mol. The number of fused-ring (bicyclic) bond motifs is 1. The van der Waals surface area contributed by atoms with Crippen LogP contribution >= 0.6 is 0 Å². The van der Waals surface area contributed by atoms with Gasteiger partial charge in [-0.15, -0.1) is 0 Å². The maximum Gasteiger partial charge on any atom is 0.416 e. The molecule has 0 aliphatic heterocycles. The SMILES string of the molecule is O=c1cc(-c2ccc(C(F)(F)F)cc2)c2c([nH]1)CCCCC2. The van der Waals surface area contributed by atoms with Gasteiger partial charge in [-0.2, -0.15) is 13.2 Å². The molecule has 2 nitrogen and oxygen atoms in total. The van der Waals surface area contributed by atoms with Gasteiger partial charge in [0, 0.05) is 11.8 Å². The molecule has 1 heterocycles. The van der Waals surface area contributed by atoms with E-state index >= 15 is 0 Å². The predicted octanol–water partition coefficient (Wildman–Crippen LogP) is 4.33. The molecule has 1 aliphatic rings. The maximum atomic E-state index is 12.7. The number of hydrogen-bond acceptors (Lipinski definition) is 1. The molecule has 0 atom stereocenters. The summed E-state index contributed by atoms with van der Waals surface area (Å²) >= 11 is 0. The summed E-state index contributed by atoms with van der Waals surface area (Å²) in [6.45, 7) is 0. The number of rotatable bonds is 1. The average molecular weight is 307 g/mol. The van der Waals surface area contributed by atoms with Gasteiger partial charge in [0.25, 0.3) is 0 Å². The van der Waals surface area contributed by atoms with Crippen molar-refractivity contribution in [2.24, 2.45) is 0 Å². The van der Waals surface area contributed by atoms with E-state index in [9.17, 15) is 18.0 Å². The van der Waals surface area contributed by atoms with E-state index in [1.807, 2.05) is 0 Å². The van der Waals surface area contributed by atoms with E-state index in [2.05, 4.69) is 4.98 Å². The lowest BCUT2D eigenvalue weighted by Crippen LogP contribution is -2.12. The van der Waals surface area contributed by atoms with Gasteiger partial charge < -0.3 is 4.98 Å². The lowest BCUT2D eigenvalue weighted by molar-refractivity contribution is -0.137. The van der Waals surface area contributed by atoms with Crippen molar-refractivity contribution in [2.45, 2.75) is 38.3 Å². The van der Waals surface area contributed by atoms with E-state index in [0.717, 1.165) is 61.1 Å². The molecule has 2 aromatic rings. The van der Waals surface area contributed by atoms with Gasteiger partial charge in [-0.1, -0.05) is 18.6 Å². The second-order valence-corrected chi connectivity index (χ2v) is 5.64. The van der Waals surface area contributed by atoms with E-state index in [4.69, 9.17) is 0 Å². The zero-order valence-electron chi connectivity index (χ0n) is 12.0. The number of H-pyrrole nitrogens is 1. The second-order valence-electron chi connectivity index (χ2n) is 5.64. The third kappa shape index (κ3) is 2.93. The molecule has 0 fully saturated rings. The summed E-state index contributed by atoms with van der Waals surface area (Å²) in [6, 6.07) is 6.53. The van der Waals surface area contributed by atoms with Crippen LogP contribution in [0.5, 0.6) is 0 Å². The lowest BCUT2D eigenvalue weighted by atomic mass is 9.95. The molecule has 1 aromatic heterocycles. The Labute approximate surface area is 126 Å². The number of aromatic amines is 1. The Bertz CT molecular complexity index is 729. The third-order valence-electron chi connectivity index (χ3n) is 4.12. The molecular weight excluding hydrogens is 291 g/mol. The molecular formula is C17H16F3NO. The summed E-state index contributed by atoms with van der Waals surface area (Å²) < 4.78 is 38.0. The Morgan fingerprint density at radius 3 is 2.32 bits per heavy atom. The van der Waals surface area contributed by atoms with Crippen molar-refractivity contribution < 1.29 is 13.2 Å². The van der Waals surface area contributed by atoms with Gasteiger partial charge in [0.15, 0.2) is 0 Å². The van der Waals surface area contributed by atoms with E-state index in [1.165, 1.54) is 18.2 Å². The monoisotopic (exact) mass is 307 g/mol. The first-order valence-electron chi connectivity index (χ1n) is 7.38. The average Bonchev–Trinajstić information content (AvgIpc) is 2.71. The van der Waals surface area contributed by atoms with Crippen molar-refractivity contribution in [3.63, 3.8) is 0 Å². The van der Waals surface area contributed by atoms with Crippen LogP contribution in [-0.2, 0) is 19.0 Å². The van der Waals surface area contributed by atoms with Crippen LogP contribution in [0.1, 0.15) is 36.1 Å². The third-order valence-corrected chi connectivity index (χ3v) is 4.12. The zero-order valence-corrected chi connectivity index (χ0v) is 12.0. The van der Waals surface area contributed by atoms with Crippen LogP contribution in [0.2, 0.25) is 0 Å². The summed E-state index contributed by atoms with van der Waals surface area (Å²) in [6.07, 6.45) is 0.486. The highest BCUT2D eigenvalue weighted by Gasteiger charge is 2.30. The molecule has 0 radical (unpaired) electrons. The summed E-state index contributed by atoms with van der Waals surface area (Å²) in [5, 5.41) is 0. The molecule has 0 bridgehead atoms. The number of benzene rings is 1. The molecule has 1 N–H and O–H groups in total. The van der Waals surface area contributed by atoms with Crippen LogP contribution in [-0.4, -0.2) is 4.98 Å². The van der Waals surface area contributed by atoms with Gasteiger partial charge in [0.05, 0.1) is 5.56 Å². The topological polar surface area (TPSA) is 32.9 Å². The molecule has 0 saturated carbocycles. The van der Waals surface area contributed by atoms with E-state index in [-0.39, 0.29) is 5.56 Å². The maximum absolute atomic E-state index is 12.7. The van der Waals surface area contributed by atoms with Crippen molar-refractivity contribution in [3.05, 3.63) is 57.5 Å². The molecule has 0 spiro atoms. The zero-order chi connectivity index (χ0) is 15.7. The van der Waals surface area contributed by atoms with Gasteiger partial charge in [0.1, 0.15) is 0 Å². The van der Waals surface area contributed by atoms with Crippen LogP contribution in [0.3, 0.4) is 0 Å². The molecule has 0 amide bonds. The minimum atomic E-state index is -4.34. The number of aromatic nitrogens is 1. The van der Waals surface area contributed by atoms with Crippen LogP contribution in [0.25, 0.3) is 11.1 Å². The minimum absolute atomic E-state index is 0.199. The Morgan fingerprint density at radius 1 is 0.955 bits per heavy atom. The highest BCUT2D eigenvalue weighted by atomic mass is 19.4. The first kappa shape index (κ1) is 14.9. The van der Waals surface area contributed by atoms with E-state index in [1.54, 1.807) is 0 Å². The summed E-state index contributed by atoms with van der Waals surface area (Å²) in [5.41, 5.74) is 2.55. The number of halogens is 3. The minimum Gasteiger partial charge on any atom is -0.326 e. The van der Waals surface area contributed by atoms with Gasteiger partial charge in [-0.3, -0.25) is 4.79 Å². The highest BCUT2D eigenvalue weighted by molar-refractivity contribution is 5.68. The Kier molecular flexibility index (Phi) is 3.81. The highest BCUT2D eigenvalue weighted by Crippen LogP contribution is 2.33.